The van der Waals surface area contributed by atoms with Crippen LogP contribution in [0.15, 0.2) is 17.5 Å². The summed E-state index contributed by atoms with van der Waals surface area (Å²) in [6, 6.07) is 4.17. The number of carbonyl (C=O) groups excluding carboxylic acids is 1. The van der Waals surface area contributed by atoms with E-state index in [1.54, 1.807) is 16.2 Å². The molecule has 1 aromatic heterocycles. The number of amides is 2. The molecule has 2 aliphatic rings. The summed E-state index contributed by atoms with van der Waals surface area (Å²) in [4.78, 5) is 15.5. The van der Waals surface area contributed by atoms with Crippen molar-refractivity contribution in [2.24, 2.45) is 5.92 Å². The third-order valence-corrected chi connectivity index (χ3v) is 5.39. The Morgan fingerprint density at radius 3 is 2.95 bits per heavy atom. The molecule has 1 aliphatic carbocycles. The Balaban J connectivity index is 1.67. The summed E-state index contributed by atoms with van der Waals surface area (Å²) in [5.74, 6) is 0.586. The standard InChI is InChI=1S/C15H22N2O2S/c1-10-12(18)4-2-8-17(10)15(19)16-14(11-6-7-11)13-5-3-9-20-13/h3,5,9-12,14,18H,2,4,6-8H2,1H3,(H,16,19). The molecular formula is C15H22N2O2S. The summed E-state index contributed by atoms with van der Waals surface area (Å²) in [5, 5.41) is 15.2. The molecule has 0 radical (unpaired) electrons. The van der Waals surface area contributed by atoms with Crippen molar-refractivity contribution in [2.75, 3.05) is 6.54 Å². The molecule has 2 amide bonds. The van der Waals surface area contributed by atoms with Crippen molar-refractivity contribution in [3.05, 3.63) is 22.4 Å². The summed E-state index contributed by atoms with van der Waals surface area (Å²) in [5.41, 5.74) is 0. The van der Waals surface area contributed by atoms with Crippen molar-refractivity contribution in [3.63, 3.8) is 0 Å². The van der Waals surface area contributed by atoms with E-state index in [0.717, 1.165) is 19.4 Å². The molecule has 20 heavy (non-hydrogen) atoms. The molecule has 1 aromatic rings. The largest absolute Gasteiger partial charge is 0.391 e. The number of piperidine rings is 1. The van der Waals surface area contributed by atoms with Gasteiger partial charge in [-0.3, -0.25) is 0 Å². The lowest BCUT2D eigenvalue weighted by atomic mass is 10.0. The molecule has 110 valence electrons. The number of carbonyl (C=O) groups is 1. The molecule has 4 nitrogen and oxygen atoms in total. The van der Waals surface area contributed by atoms with E-state index < -0.39 is 6.10 Å². The molecule has 3 atom stereocenters. The lowest BCUT2D eigenvalue weighted by Gasteiger charge is -2.37. The van der Waals surface area contributed by atoms with Gasteiger partial charge in [-0.25, -0.2) is 4.79 Å². The normalized spacial score (nSPS) is 28.2. The van der Waals surface area contributed by atoms with Crippen LogP contribution < -0.4 is 5.32 Å². The molecule has 5 heteroatoms. The molecular weight excluding hydrogens is 272 g/mol. The Morgan fingerprint density at radius 2 is 2.30 bits per heavy atom. The maximum absolute atomic E-state index is 12.5. The molecule has 2 heterocycles. The zero-order valence-corrected chi connectivity index (χ0v) is 12.6. The number of hydrogen-bond donors (Lipinski definition) is 2. The highest BCUT2D eigenvalue weighted by atomic mass is 32.1. The highest BCUT2D eigenvalue weighted by molar-refractivity contribution is 7.10. The van der Waals surface area contributed by atoms with Crippen molar-refractivity contribution in [1.82, 2.24) is 10.2 Å². The van der Waals surface area contributed by atoms with Crippen LogP contribution in [-0.2, 0) is 0 Å². The van der Waals surface area contributed by atoms with Gasteiger partial charge in [0.05, 0.1) is 18.2 Å². The highest BCUT2D eigenvalue weighted by Gasteiger charge is 2.36. The monoisotopic (exact) mass is 294 g/mol. The van der Waals surface area contributed by atoms with E-state index in [1.165, 1.54) is 17.7 Å². The van der Waals surface area contributed by atoms with Crippen LogP contribution in [0.1, 0.15) is 43.5 Å². The quantitative estimate of drug-likeness (QED) is 0.900. The van der Waals surface area contributed by atoms with Gasteiger partial charge in [0.25, 0.3) is 0 Å². The zero-order valence-electron chi connectivity index (χ0n) is 11.8. The van der Waals surface area contributed by atoms with Crippen LogP contribution >= 0.6 is 11.3 Å². The van der Waals surface area contributed by atoms with Gasteiger partial charge in [0.15, 0.2) is 0 Å². The molecule has 2 fully saturated rings. The molecule has 1 saturated heterocycles. The first-order valence-electron chi connectivity index (χ1n) is 7.45. The van der Waals surface area contributed by atoms with E-state index in [4.69, 9.17) is 0 Å². The number of hydrogen-bond acceptors (Lipinski definition) is 3. The summed E-state index contributed by atoms with van der Waals surface area (Å²) in [6.07, 6.45) is 3.67. The van der Waals surface area contributed by atoms with E-state index in [1.807, 2.05) is 13.0 Å². The van der Waals surface area contributed by atoms with Crippen molar-refractivity contribution in [3.8, 4) is 0 Å². The lowest BCUT2D eigenvalue weighted by Crippen LogP contribution is -2.53. The summed E-state index contributed by atoms with van der Waals surface area (Å²) in [6.45, 7) is 2.67. The number of nitrogens with zero attached hydrogens (tertiary/aromatic N) is 1. The second-order valence-electron chi connectivity index (χ2n) is 5.92. The Hall–Kier alpha value is -1.07. The van der Waals surface area contributed by atoms with Gasteiger partial charge in [-0.15, -0.1) is 11.3 Å². The third-order valence-electron chi connectivity index (χ3n) is 4.43. The van der Waals surface area contributed by atoms with Gasteiger partial charge in [-0.1, -0.05) is 6.07 Å². The van der Waals surface area contributed by atoms with E-state index >= 15 is 0 Å². The molecule has 1 aliphatic heterocycles. The number of likely N-dealkylation sites (tertiary alicyclic amines) is 1. The maximum Gasteiger partial charge on any atom is 0.318 e. The van der Waals surface area contributed by atoms with Crippen LogP contribution in [0, 0.1) is 5.92 Å². The van der Waals surface area contributed by atoms with Crippen molar-refractivity contribution in [1.29, 1.82) is 0 Å². The zero-order chi connectivity index (χ0) is 14.1. The number of thiophene rings is 1. The average molecular weight is 294 g/mol. The fourth-order valence-electron chi connectivity index (χ4n) is 2.94. The van der Waals surface area contributed by atoms with Crippen molar-refractivity contribution in [2.45, 2.75) is 50.8 Å². The van der Waals surface area contributed by atoms with Crippen molar-refractivity contribution >= 4 is 17.4 Å². The molecule has 3 rings (SSSR count). The van der Waals surface area contributed by atoms with E-state index in [-0.39, 0.29) is 18.1 Å². The van der Waals surface area contributed by atoms with E-state index in [2.05, 4.69) is 16.8 Å². The van der Waals surface area contributed by atoms with Gasteiger partial charge in [0.1, 0.15) is 0 Å². The number of aliphatic hydroxyl groups is 1. The van der Waals surface area contributed by atoms with Crippen LogP contribution in [0.3, 0.4) is 0 Å². The first-order valence-corrected chi connectivity index (χ1v) is 8.33. The van der Waals surface area contributed by atoms with E-state index in [0.29, 0.717) is 5.92 Å². The first kappa shape index (κ1) is 13.9. The predicted molar refractivity (Wildman–Crippen MR) is 79.7 cm³/mol. The summed E-state index contributed by atoms with van der Waals surface area (Å²) < 4.78 is 0. The minimum atomic E-state index is -0.393. The molecule has 0 aromatic carbocycles. The van der Waals surface area contributed by atoms with Crippen molar-refractivity contribution < 1.29 is 9.90 Å². The number of urea groups is 1. The topological polar surface area (TPSA) is 52.6 Å². The van der Waals surface area contributed by atoms with Gasteiger partial charge < -0.3 is 15.3 Å². The molecule has 1 saturated carbocycles. The second kappa shape index (κ2) is 5.74. The fraction of sp³-hybridized carbons (Fsp3) is 0.667. The van der Waals surface area contributed by atoms with Crippen LogP contribution in [0.5, 0.6) is 0 Å². The van der Waals surface area contributed by atoms with Gasteiger partial charge in [-0.2, -0.15) is 0 Å². The summed E-state index contributed by atoms with van der Waals surface area (Å²) in [7, 11) is 0. The lowest BCUT2D eigenvalue weighted by molar-refractivity contribution is 0.0381. The maximum atomic E-state index is 12.5. The first-order chi connectivity index (χ1) is 9.66. The Morgan fingerprint density at radius 1 is 1.50 bits per heavy atom. The van der Waals surface area contributed by atoms with Crippen LogP contribution in [0.25, 0.3) is 0 Å². The number of rotatable bonds is 3. The third kappa shape index (κ3) is 2.83. The van der Waals surface area contributed by atoms with Crippen LogP contribution in [0.2, 0.25) is 0 Å². The van der Waals surface area contributed by atoms with E-state index in [9.17, 15) is 9.90 Å². The highest BCUT2D eigenvalue weighted by Crippen LogP contribution is 2.42. The van der Waals surface area contributed by atoms with Gasteiger partial charge >= 0.3 is 6.03 Å². The second-order valence-corrected chi connectivity index (χ2v) is 6.90. The Kier molecular flexibility index (Phi) is 3.98. The van der Waals surface area contributed by atoms with Gasteiger partial charge in [0.2, 0.25) is 0 Å². The number of nitrogens with one attached hydrogen (secondary N) is 1. The predicted octanol–water partition coefficient (Wildman–Crippen LogP) is 2.75. The smallest absolute Gasteiger partial charge is 0.318 e. The Bertz CT molecular complexity index is 458. The minimum Gasteiger partial charge on any atom is -0.391 e. The Labute approximate surface area is 123 Å². The van der Waals surface area contributed by atoms with Crippen LogP contribution in [-0.4, -0.2) is 34.7 Å². The summed E-state index contributed by atoms with van der Waals surface area (Å²) >= 11 is 1.71. The molecule has 2 N–H and O–H groups in total. The van der Waals surface area contributed by atoms with Crippen LogP contribution in [0.4, 0.5) is 4.79 Å². The fourth-order valence-corrected chi connectivity index (χ4v) is 3.81. The van der Waals surface area contributed by atoms with Gasteiger partial charge in [0, 0.05) is 11.4 Å². The SMILES string of the molecule is CC1C(O)CCCN1C(=O)NC(c1cccs1)C1CC1. The van der Waals surface area contributed by atoms with Gasteiger partial charge in [-0.05, 0) is 50.0 Å². The minimum absolute atomic E-state index is 0.0263. The average Bonchev–Trinajstić information content (AvgIpc) is 3.13. The number of aliphatic hydroxyl groups excluding tert-OH is 1. The molecule has 0 spiro atoms. The molecule has 3 unspecified atom stereocenters. The molecule has 0 bridgehead atoms.